The Bertz CT molecular complexity index is 190. The first kappa shape index (κ1) is 8.55. The summed E-state index contributed by atoms with van der Waals surface area (Å²) in [5.74, 6) is 2.82. The molecule has 2 aliphatic rings. The van der Waals surface area contributed by atoms with Gasteiger partial charge in [-0.3, -0.25) is 4.79 Å². The van der Waals surface area contributed by atoms with Crippen molar-refractivity contribution in [1.82, 2.24) is 0 Å². The van der Waals surface area contributed by atoms with Crippen molar-refractivity contribution in [2.24, 2.45) is 17.8 Å². The van der Waals surface area contributed by atoms with Gasteiger partial charge >= 0.3 is 0 Å². The standard InChI is InChI=1S/C10H15ClO/c11-5-1-2-9-7-3-4-8(6-7)10(9)12/h7-9H,1-6H2/t7-,8+,9+/m1/s1. The fraction of sp³-hybridized carbons (Fsp3) is 0.900. The van der Waals surface area contributed by atoms with Crippen LogP contribution in [0.5, 0.6) is 0 Å². The maximum atomic E-state index is 11.6. The Labute approximate surface area is 78.5 Å². The molecule has 2 fully saturated rings. The number of carbonyl (C=O) groups excluding carboxylic acids is 1. The van der Waals surface area contributed by atoms with Crippen molar-refractivity contribution >= 4 is 17.4 Å². The van der Waals surface area contributed by atoms with Gasteiger partial charge in [0.05, 0.1) is 0 Å². The quantitative estimate of drug-likeness (QED) is 0.620. The Kier molecular flexibility index (Phi) is 2.40. The first-order valence-electron chi connectivity index (χ1n) is 4.92. The van der Waals surface area contributed by atoms with Crippen LogP contribution in [0.1, 0.15) is 32.1 Å². The minimum atomic E-state index is 0.391. The molecule has 1 nitrogen and oxygen atoms in total. The lowest BCUT2D eigenvalue weighted by molar-refractivity contribution is -0.125. The minimum absolute atomic E-state index is 0.391. The molecule has 0 radical (unpaired) electrons. The molecular formula is C10H15ClO. The van der Waals surface area contributed by atoms with Gasteiger partial charge in [-0.2, -0.15) is 0 Å². The van der Waals surface area contributed by atoms with Crippen molar-refractivity contribution in [2.45, 2.75) is 32.1 Å². The zero-order valence-electron chi connectivity index (χ0n) is 7.26. The van der Waals surface area contributed by atoms with Gasteiger partial charge in [0.2, 0.25) is 0 Å². The summed E-state index contributed by atoms with van der Waals surface area (Å²) in [7, 11) is 0. The second-order valence-corrected chi connectivity index (χ2v) is 4.49. The van der Waals surface area contributed by atoms with E-state index in [1.165, 1.54) is 19.3 Å². The summed E-state index contributed by atoms with van der Waals surface area (Å²) in [6.45, 7) is 0. The van der Waals surface area contributed by atoms with E-state index in [1.807, 2.05) is 0 Å². The van der Waals surface area contributed by atoms with Crippen LogP contribution in [0.3, 0.4) is 0 Å². The minimum Gasteiger partial charge on any atom is -0.299 e. The number of Topliss-reactive ketones (excluding diaryl/α,β-unsaturated/α-hetero) is 1. The number of alkyl halides is 1. The summed E-state index contributed by atoms with van der Waals surface area (Å²) in [5.41, 5.74) is 0. The van der Waals surface area contributed by atoms with Gasteiger partial charge in [-0.25, -0.2) is 0 Å². The van der Waals surface area contributed by atoms with Crippen LogP contribution in [-0.2, 0) is 4.79 Å². The molecule has 0 aromatic heterocycles. The number of ketones is 1. The molecule has 12 heavy (non-hydrogen) atoms. The number of hydrogen-bond acceptors (Lipinski definition) is 1. The average Bonchev–Trinajstić information content (AvgIpc) is 2.62. The van der Waals surface area contributed by atoms with E-state index in [1.54, 1.807) is 0 Å². The molecule has 0 unspecified atom stereocenters. The monoisotopic (exact) mass is 186 g/mol. The van der Waals surface area contributed by atoms with Crippen molar-refractivity contribution in [3.63, 3.8) is 0 Å². The van der Waals surface area contributed by atoms with E-state index in [9.17, 15) is 4.79 Å². The Morgan fingerprint density at radius 3 is 2.83 bits per heavy atom. The molecule has 0 amide bonds. The third-order valence-corrected chi connectivity index (χ3v) is 3.73. The normalized spacial score (nSPS) is 39.4. The van der Waals surface area contributed by atoms with Crippen molar-refractivity contribution in [2.75, 3.05) is 5.88 Å². The molecule has 2 saturated carbocycles. The van der Waals surface area contributed by atoms with Crippen LogP contribution in [0.2, 0.25) is 0 Å². The number of carbonyl (C=O) groups is 1. The zero-order chi connectivity index (χ0) is 8.55. The lowest BCUT2D eigenvalue weighted by Gasteiger charge is -2.19. The molecular weight excluding hydrogens is 172 g/mol. The lowest BCUT2D eigenvalue weighted by Crippen LogP contribution is -2.21. The molecule has 68 valence electrons. The molecule has 0 N–H and O–H groups in total. The van der Waals surface area contributed by atoms with Crippen LogP contribution in [0.25, 0.3) is 0 Å². The summed E-state index contributed by atoms with van der Waals surface area (Å²) < 4.78 is 0. The summed E-state index contributed by atoms with van der Waals surface area (Å²) in [6.07, 6.45) is 5.71. The third-order valence-electron chi connectivity index (χ3n) is 3.46. The Balaban J connectivity index is 1.94. The highest BCUT2D eigenvalue weighted by Crippen LogP contribution is 2.47. The van der Waals surface area contributed by atoms with Gasteiger partial charge in [0.15, 0.2) is 0 Å². The van der Waals surface area contributed by atoms with E-state index in [0.717, 1.165) is 18.8 Å². The molecule has 0 aliphatic heterocycles. The Morgan fingerprint density at radius 2 is 2.25 bits per heavy atom. The van der Waals surface area contributed by atoms with E-state index < -0.39 is 0 Å². The molecule has 3 atom stereocenters. The SMILES string of the molecule is O=C1[C@H]2CC[C@H](C2)[C@@H]1CCCCl. The fourth-order valence-corrected chi connectivity index (χ4v) is 3.00. The third kappa shape index (κ3) is 1.28. The molecule has 2 rings (SSSR count). The number of hydrogen-bond donors (Lipinski definition) is 0. The van der Waals surface area contributed by atoms with Gasteiger partial charge in [0.1, 0.15) is 5.78 Å². The number of halogens is 1. The topological polar surface area (TPSA) is 17.1 Å². The Hall–Kier alpha value is -0.0400. The van der Waals surface area contributed by atoms with E-state index in [-0.39, 0.29) is 0 Å². The van der Waals surface area contributed by atoms with E-state index in [0.29, 0.717) is 23.5 Å². The first-order valence-corrected chi connectivity index (χ1v) is 5.46. The van der Waals surface area contributed by atoms with Crippen molar-refractivity contribution in [1.29, 1.82) is 0 Å². The molecule has 2 aliphatic carbocycles. The second-order valence-electron chi connectivity index (χ2n) is 4.11. The molecule has 0 aromatic carbocycles. The highest BCUT2D eigenvalue weighted by Gasteiger charge is 2.45. The highest BCUT2D eigenvalue weighted by atomic mass is 35.5. The highest BCUT2D eigenvalue weighted by molar-refractivity contribution is 6.17. The molecule has 0 aromatic rings. The number of fused-ring (bicyclic) bond motifs is 2. The molecule has 0 saturated heterocycles. The van der Waals surface area contributed by atoms with Gasteiger partial charge in [-0.15, -0.1) is 11.6 Å². The van der Waals surface area contributed by atoms with Gasteiger partial charge in [-0.1, -0.05) is 0 Å². The van der Waals surface area contributed by atoms with Crippen LogP contribution in [0.15, 0.2) is 0 Å². The van der Waals surface area contributed by atoms with Gasteiger partial charge in [-0.05, 0) is 38.0 Å². The molecule has 2 heteroatoms. The smallest absolute Gasteiger partial charge is 0.139 e. The van der Waals surface area contributed by atoms with Crippen LogP contribution in [0.4, 0.5) is 0 Å². The molecule has 0 spiro atoms. The first-order chi connectivity index (χ1) is 5.83. The predicted molar refractivity (Wildman–Crippen MR) is 49.3 cm³/mol. The fourth-order valence-electron chi connectivity index (χ4n) is 2.85. The summed E-state index contributed by atoms with van der Waals surface area (Å²) >= 11 is 5.62. The molecule has 0 heterocycles. The maximum Gasteiger partial charge on any atom is 0.139 e. The number of rotatable bonds is 3. The average molecular weight is 187 g/mol. The second kappa shape index (κ2) is 3.37. The van der Waals surface area contributed by atoms with Crippen LogP contribution < -0.4 is 0 Å². The van der Waals surface area contributed by atoms with Crippen LogP contribution in [0, 0.1) is 17.8 Å². The van der Waals surface area contributed by atoms with Crippen LogP contribution in [-0.4, -0.2) is 11.7 Å². The van der Waals surface area contributed by atoms with Crippen molar-refractivity contribution in [3.8, 4) is 0 Å². The lowest BCUT2D eigenvalue weighted by atomic mass is 9.85. The summed E-state index contributed by atoms with van der Waals surface area (Å²) in [6, 6.07) is 0. The molecule has 2 bridgehead atoms. The van der Waals surface area contributed by atoms with Crippen LogP contribution >= 0.6 is 11.6 Å². The summed E-state index contributed by atoms with van der Waals surface area (Å²) in [5, 5.41) is 0. The summed E-state index contributed by atoms with van der Waals surface area (Å²) in [4.78, 5) is 11.6. The van der Waals surface area contributed by atoms with E-state index >= 15 is 0 Å². The largest absolute Gasteiger partial charge is 0.299 e. The van der Waals surface area contributed by atoms with Gasteiger partial charge < -0.3 is 0 Å². The van der Waals surface area contributed by atoms with Gasteiger partial charge in [0, 0.05) is 17.7 Å². The maximum absolute atomic E-state index is 11.6. The van der Waals surface area contributed by atoms with E-state index in [4.69, 9.17) is 11.6 Å². The van der Waals surface area contributed by atoms with Gasteiger partial charge in [0.25, 0.3) is 0 Å². The van der Waals surface area contributed by atoms with E-state index in [2.05, 4.69) is 0 Å². The Morgan fingerprint density at radius 1 is 1.42 bits per heavy atom. The predicted octanol–water partition coefficient (Wildman–Crippen LogP) is 2.62. The zero-order valence-corrected chi connectivity index (χ0v) is 8.02. The van der Waals surface area contributed by atoms with Crippen molar-refractivity contribution < 1.29 is 4.79 Å². The van der Waals surface area contributed by atoms with Crippen molar-refractivity contribution in [3.05, 3.63) is 0 Å².